The number of allylic oxidation sites excluding steroid dienone is 1. The normalized spacial score (nSPS) is 30.6. The lowest BCUT2D eigenvalue weighted by atomic mass is 9.82. The standard InChI is InChI=1S/C14H23NO4/c1-2-18-14-10(4-3-7-16)11(9-5-6-9)8-12(19-14)13(15)17/h8-11,14,16H,2-7H2,1H3,(H2,15,17)/t10-,11-,14-/m0/s1. The molecule has 5 heteroatoms. The molecule has 2 rings (SSSR count). The Hall–Kier alpha value is -1.07. The molecule has 19 heavy (non-hydrogen) atoms. The number of primary amides is 1. The van der Waals surface area contributed by atoms with Crippen molar-refractivity contribution < 1.29 is 19.4 Å². The molecule has 0 radical (unpaired) electrons. The molecule has 0 aromatic heterocycles. The summed E-state index contributed by atoms with van der Waals surface area (Å²) >= 11 is 0. The van der Waals surface area contributed by atoms with E-state index >= 15 is 0 Å². The topological polar surface area (TPSA) is 81.8 Å². The Morgan fingerprint density at radius 2 is 2.32 bits per heavy atom. The fourth-order valence-electron chi connectivity index (χ4n) is 2.82. The molecule has 0 aromatic rings. The molecule has 108 valence electrons. The van der Waals surface area contributed by atoms with Crippen molar-refractivity contribution in [2.45, 2.75) is 38.9 Å². The van der Waals surface area contributed by atoms with Crippen molar-refractivity contribution in [3.8, 4) is 0 Å². The second-order valence-electron chi connectivity index (χ2n) is 5.28. The zero-order chi connectivity index (χ0) is 13.8. The van der Waals surface area contributed by atoms with Crippen LogP contribution in [0, 0.1) is 17.8 Å². The molecule has 2 aliphatic rings. The number of nitrogens with two attached hydrogens (primary N) is 1. The molecule has 0 aromatic carbocycles. The van der Waals surface area contributed by atoms with Gasteiger partial charge in [-0.05, 0) is 50.5 Å². The maximum absolute atomic E-state index is 11.3. The number of carbonyl (C=O) groups is 1. The molecular formula is C14H23NO4. The summed E-state index contributed by atoms with van der Waals surface area (Å²) < 4.78 is 11.2. The van der Waals surface area contributed by atoms with Gasteiger partial charge in [0, 0.05) is 19.1 Å². The summed E-state index contributed by atoms with van der Waals surface area (Å²) in [7, 11) is 0. The van der Waals surface area contributed by atoms with E-state index in [-0.39, 0.29) is 24.2 Å². The van der Waals surface area contributed by atoms with Crippen LogP contribution in [0.3, 0.4) is 0 Å². The molecule has 5 nitrogen and oxygen atoms in total. The number of aliphatic hydroxyl groups excluding tert-OH is 1. The number of carbonyl (C=O) groups excluding carboxylic acids is 1. The van der Waals surface area contributed by atoms with Crippen LogP contribution in [-0.4, -0.2) is 30.5 Å². The van der Waals surface area contributed by atoms with Crippen molar-refractivity contribution in [1.29, 1.82) is 0 Å². The lowest BCUT2D eigenvalue weighted by Gasteiger charge is -2.36. The maximum Gasteiger partial charge on any atom is 0.283 e. The molecule has 3 N–H and O–H groups in total. The van der Waals surface area contributed by atoms with E-state index in [1.807, 2.05) is 13.0 Å². The number of hydrogen-bond donors (Lipinski definition) is 2. The number of aliphatic hydroxyl groups is 1. The van der Waals surface area contributed by atoms with Crippen molar-refractivity contribution in [1.82, 2.24) is 0 Å². The van der Waals surface area contributed by atoms with Gasteiger partial charge in [-0.25, -0.2) is 0 Å². The van der Waals surface area contributed by atoms with Crippen LogP contribution in [0.5, 0.6) is 0 Å². The summed E-state index contributed by atoms with van der Waals surface area (Å²) in [6.07, 6.45) is 5.38. The lowest BCUT2D eigenvalue weighted by Crippen LogP contribution is -2.39. The van der Waals surface area contributed by atoms with Crippen LogP contribution >= 0.6 is 0 Å². The lowest BCUT2D eigenvalue weighted by molar-refractivity contribution is -0.172. The predicted molar refractivity (Wildman–Crippen MR) is 69.8 cm³/mol. The van der Waals surface area contributed by atoms with E-state index in [1.165, 1.54) is 12.8 Å². The van der Waals surface area contributed by atoms with Crippen molar-refractivity contribution in [3.05, 3.63) is 11.8 Å². The zero-order valence-corrected chi connectivity index (χ0v) is 11.4. The van der Waals surface area contributed by atoms with Gasteiger partial charge in [-0.3, -0.25) is 4.79 Å². The molecule has 1 fully saturated rings. The van der Waals surface area contributed by atoms with Crippen molar-refractivity contribution in [2.75, 3.05) is 13.2 Å². The molecule has 1 heterocycles. The van der Waals surface area contributed by atoms with Crippen LogP contribution in [0.2, 0.25) is 0 Å². The Morgan fingerprint density at radius 3 is 2.84 bits per heavy atom. The van der Waals surface area contributed by atoms with Gasteiger partial charge in [-0.1, -0.05) is 0 Å². The number of rotatable bonds is 7. The zero-order valence-electron chi connectivity index (χ0n) is 11.4. The summed E-state index contributed by atoms with van der Waals surface area (Å²) in [4.78, 5) is 11.3. The molecule has 1 aliphatic heterocycles. The maximum atomic E-state index is 11.3. The third-order valence-corrected chi connectivity index (χ3v) is 3.87. The third-order valence-electron chi connectivity index (χ3n) is 3.87. The van der Waals surface area contributed by atoms with Crippen molar-refractivity contribution in [2.24, 2.45) is 23.5 Å². The molecule has 1 amide bonds. The summed E-state index contributed by atoms with van der Waals surface area (Å²) in [5, 5.41) is 9.02. The van der Waals surface area contributed by atoms with Gasteiger partial charge in [-0.15, -0.1) is 0 Å². The highest BCUT2D eigenvalue weighted by Gasteiger charge is 2.43. The molecule has 1 aliphatic carbocycles. The van der Waals surface area contributed by atoms with E-state index in [0.717, 1.165) is 12.8 Å². The Labute approximate surface area is 113 Å². The molecule has 3 atom stereocenters. The second-order valence-corrected chi connectivity index (χ2v) is 5.28. The quantitative estimate of drug-likeness (QED) is 0.726. The van der Waals surface area contributed by atoms with Gasteiger partial charge in [0.05, 0.1) is 0 Å². The largest absolute Gasteiger partial charge is 0.459 e. The van der Waals surface area contributed by atoms with Gasteiger partial charge in [0.1, 0.15) is 0 Å². The van der Waals surface area contributed by atoms with E-state index in [9.17, 15) is 4.79 Å². The first kappa shape index (κ1) is 14.3. The number of hydrogen-bond acceptors (Lipinski definition) is 4. The fourth-order valence-corrected chi connectivity index (χ4v) is 2.82. The summed E-state index contributed by atoms with van der Waals surface area (Å²) in [6, 6.07) is 0. The van der Waals surface area contributed by atoms with Gasteiger partial charge in [-0.2, -0.15) is 0 Å². The van der Waals surface area contributed by atoms with Gasteiger partial charge < -0.3 is 20.3 Å². The Kier molecular flexibility index (Phi) is 4.82. The van der Waals surface area contributed by atoms with Gasteiger partial charge in [0.2, 0.25) is 6.29 Å². The summed E-state index contributed by atoms with van der Waals surface area (Å²) in [5.74, 6) is 0.776. The Morgan fingerprint density at radius 1 is 1.58 bits per heavy atom. The van der Waals surface area contributed by atoms with Gasteiger partial charge in [0.25, 0.3) is 5.91 Å². The molecule has 0 saturated heterocycles. The first-order chi connectivity index (χ1) is 9.17. The minimum Gasteiger partial charge on any atom is -0.459 e. The smallest absolute Gasteiger partial charge is 0.283 e. The summed E-state index contributed by atoms with van der Waals surface area (Å²) in [6.45, 7) is 2.60. The first-order valence-corrected chi connectivity index (χ1v) is 7.08. The van der Waals surface area contributed by atoms with Gasteiger partial charge in [0.15, 0.2) is 5.76 Å². The van der Waals surface area contributed by atoms with E-state index in [1.54, 1.807) is 0 Å². The Bertz CT molecular complexity index is 351. The minimum absolute atomic E-state index is 0.166. The second kappa shape index (κ2) is 6.39. The van der Waals surface area contributed by atoms with Crippen molar-refractivity contribution in [3.63, 3.8) is 0 Å². The van der Waals surface area contributed by atoms with Crippen LogP contribution < -0.4 is 5.73 Å². The third kappa shape index (κ3) is 3.48. The average Bonchev–Trinajstić information content (AvgIpc) is 3.21. The van der Waals surface area contributed by atoms with Crippen LogP contribution in [0.1, 0.15) is 32.6 Å². The van der Waals surface area contributed by atoms with E-state index in [0.29, 0.717) is 12.5 Å². The molecular weight excluding hydrogens is 246 g/mol. The molecule has 0 bridgehead atoms. The summed E-state index contributed by atoms with van der Waals surface area (Å²) in [5.41, 5.74) is 5.33. The molecule has 1 saturated carbocycles. The van der Waals surface area contributed by atoms with Crippen LogP contribution in [0.25, 0.3) is 0 Å². The number of amides is 1. The van der Waals surface area contributed by atoms with Crippen LogP contribution in [0.15, 0.2) is 11.8 Å². The van der Waals surface area contributed by atoms with Crippen LogP contribution in [-0.2, 0) is 14.3 Å². The highest BCUT2D eigenvalue weighted by atomic mass is 16.7. The monoisotopic (exact) mass is 269 g/mol. The van der Waals surface area contributed by atoms with Crippen LogP contribution in [0.4, 0.5) is 0 Å². The van der Waals surface area contributed by atoms with E-state index in [4.69, 9.17) is 20.3 Å². The predicted octanol–water partition coefficient (Wildman–Crippen LogP) is 1.16. The first-order valence-electron chi connectivity index (χ1n) is 7.08. The van der Waals surface area contributed by atoms with Gasteiger partial charge >= 0.3 is 0 Å². The highest BCUT2D eigenvalue weighted by molar-refractivity contribution is 5.90. The molecule has 0 unspecified atom stereocenters. The fraction of sp³-hybridized carbons (Fsp3) is 0.786. The average molecular weight is 269 g/mol. The highest BCUT2D eigenvalue weighted by Crippen LogP contribution is 2.46. The number of ether oxygens (including phenoxy) is 2. The van der Waals surface area contributed by atoms with E-state index in [2.05, 4.69) is 0 Å². The minimum atomic E-state index is -0.532. The van der Waals surface area contributed by atoms with Crippen molar-refractivity contribution >= 4 is 5.91 Å². The van der Waals surface area contributed by atoms with E-state index < -0.39 is 12.2 Å². The Balaban J connectivity index is 2.16. The molecule has 0 spiro atoms. The SMILES string of the molecule is CCO[C@H]1OC(C(N)=O)=C[C@@H](C2CC2)[C@@H]1CCCO.